The summed E-state index contributed by atoms with van der Waals surface area (Å²) in [5.41, 5.74) is 1.49. The van der Waals surface area contributed by atoms with Gasteiger partial charge < -0.3 is 35.0 Å². The Bertz CT molecular complexity index is 1160. The lowest BCUT2D eigenvalue weighted by molar-refractivity contribution is -0.0172. The van der Waals surface area contributed by atoms with Crippen molar-refractivity contribution in [3.8, 4) is 5.75 Å². The Hall–Kier alpha value is -3.14. The van der Waals surface area contributed by atoms with Crippen LogP contribution in [0.15, 0.2) is 48.5 Å². The number of fused-ring (bicyclic) bond motifs is 1. The summed E-state index contributed by atoms with van der Waals surface area (Å²) in [4.78, 5) is 31.0. The van der Waals surface area contributed by atoms with Crippen LogP contribution in [0.5, 0.6) is 5.75 Å². The minimum Gasteiger partial charge on any atom is -0.490 e. The summed E-state index contributed by atoms with van der Waals surface area (Å²) in [6.45, 7) is 8.76. The van der Waals surface area contributed by atoms with Gasteiger partial charge in [0.15, 0.2) is 0 Å². The molecule has 9 nitrogen and oxygen atoms in total. The van der Waals surface area contributed by atoms with E-state index in [4.69, 9.17) is 9.47 Å². The topological polar surface area (TPSA) is 103 Å². The predicted molar refractivity (Wildman–Crippen MR) is 166 cm³/mol. The first-order chi connectivity index (χ1) is 20.2. The van der Waals surface area contributed by atoms with Gasteiger partial charge in [0.2, 0.25) is 0 Å². The molecule has 9 heteroatoms. The average Bonchev–Trinajstić information content (AvgIpc) is 3.79. The summed E-state index contributed by atoms with van der Waals surface area (Å²) in [6.07, 6.45) is 5.16. The smallest absolute Gasteiger partial charge is 0.323 e. The van der Waals surface area contributed by atoms with Crippen molar-refractivity contribution in [3.05, 3.63) is 54.1 Å². The molecular weight excluding hydrogens is 532 g/mol. The number of hydrogen-bond donors (Lipinski definition) is 3. The largest absolute Gasteiger partial charge is 0.490 e. The zero-order valence-corrected chi connectivity index (χ0v) is 25.6. The van der Waals surface area contributed by atoms with Crippen molar-refractivity contribution in [2.24, 2.45) is 11.8 Å². The Morgan fingerprint density at radius 2 is 1.79 bits per heavy atom. The molecule has 0 aromatic heterocycles. The van der Waals surface area contributed by atoms with Crippen LogP contribution in [0.1, 0.15) is 63.2 Å². The lowest BCUT2D eigenvalue weighted by Crippen LogP contribution is -2.47. The van der Waals surface area contributed by atoms with Crippen molar-refractivity contribution in [2.45, 2.75) is 71.1 Å². The van der Waals surface area contributed by atoms with Gasteiger partial charge in [0.05, 0.1) is 30.4 Å². The number of aliphatic hydroxyl groups is 1. The van der Waals surface area contributed by atoms with Crippen LogP contribution in [0.2, 0.25) is 0 Å². The third kappa shape index (κ3) is 9.44. The standard InChI is InChI=1S/C33H48N4O5/c1-23-19-37(24(2)22-38)32(39)29-18-28(35-33(40)34-27-11-6-5-7-12-27)15-16-30(29)42-25(3)10-8-9-17-41-31(23)21-36(4)20-26-13-14-26/h5-7,11-12,15-16,18,23-26,31,38H,8-10,13-14,17,19-22H2,1-4H3,(H2,34,35,40)/t23-,24+,25-,31-/m0/s1. The fourth-order valence-electron chi connectivity index (χ4n) is 5.40. The van der Waals surface area contributed by atoms with E-state index in [0.717, 1.165) is 38.3 Å². The Labute approximate surface area is 250 Å². The summed E-state index contributed by atoms with van der Waals surface area (Å²) >= 11 is 0. The van der Waals surface area contributed by atoms with Gasteiger partial charge in [0, 0.05) is 43.5 Å². The molecule has 3 amide bonds. The molecular formula is C33H48N4O5. The van der Waals surface area contributed by atoms with Crippen LogP contribution in [0, 0.1) is 11.8 Å². The highest BCUT2D eigenvalue weighted by molar-refractivity contribution is 6.02. The number of carbonyl (C=O) groups excluding carboxylic acids is 2. The summed E-state index contributed by atoms with van der Waals surface area (Å²) in [7, 11) is 2.15. The Kier molecular flexibility index (Phi) is 11.6. The Balaban J connectivity index is 1.59. The molecule has 2 aromatic carbocycles. The van der Waals surface area contributed by atoms with Crippen molar-refractivity contribution < 1.29 is 24.2 Å². The molecule has 0 spiro atoms. The summed E-state index contributed by atoms with van der Waals surface area (Å²) < 4.78 is 12.7. The number of amides is 3. The number of likely N-dealkylation sites (N-methyl/N-ethyl adjacent to an activating group) is 1. The maximum Gasteiger partial charge on any atom is 0.323 e. The van der Waals surface area contributed by atoms with Crippen LogP contribution in [-0.4, -0.2) is 85.0 Å². The van der Waals surface area contributed by atoms with E-state index in [-0.39, 0.29) is 30.6 Å². The first kappa shape index (κ1) is 31.8. The number of carbonyl (C=O) groups is 2. The fraction of sp³-hybridized carbons (Fsp3) is 0.576. The minimum atomic E-state index is -0.416. The Morgan fingerprint density at radius 3 is 2.50 bits per heavy atom. The number of anilines is 2. The first-order valence-electron chi connectivity index (χ1n) is 15.4. The molecule has 1 heterocycles. The van der Waals surface area contributed by atoms with E-state index < -0.39 is 12.1 Å². The molecule has 2 aliphatic rings. The highest BCUT2D eigenvalue weighted by atomic mass is 16.5. The van der Waals surface area contributed by atoms with Gasteiger partial charge in [-0.15, -0.1) is 0 Å². The molecule has 0 radical (unpaired) electrons. The highest BCUT2D eigenvalue weighted by Gasteiger charge is 2.31. The third-order valence-electron chi connectivity index (χ3n) is 8.10. The van der Waals surface area contributed by atoms with Crippen LogP contribution in [0.4, 0.5) is 16.2 Å². The minimum absolute atomic E-state index is 0.0359. The SMILES string of the molecule is C[C@H](CO)N1C[C@H](C)[C@H](CN(C)CC2CC2)OCCCC[C@H](C)Oc2ccc(NC(=O)Nc3ccccc3)cc2C1=O. The van der Waals surface area contributed by atoms with E-state index >= 15 is 0 Å². The quantitative estimate of drug-likeness (QED) is 0.383. The number of benzene rings is 2. The van der Waals surface area contributed by atoms with Gasteiger partial charge in [0.1, 0.15) is 5.75 Å². The molecule has 4 atom stereocenters. The number of rotatable bonds is 8. The number of urea groups is 1. The average molecular weight is 581 g/mol. The van der Waals surface area contributed by atoms with E-state index in [1.54, 1.807) is 35.2 Å². The van der Waals surface area contributed by atoms with Crippen molar-refractivity contribution in [2.75, 3.05) is 50.5 Å². The first-order valence-corrected chi connectivity index (χ1v) is 15.4. The molecule has 1 fully saturated rings. The Morgan fingerprint density at radius 1 is 1.05 bits per heavy atom. The summed E-state index contributed by atoms with van der Waals surface area (Å²) in [6, 6.07) is 13.5. The van der Waals surface area contributed by atoms with E-state index in [2.05, 4.69) is 29.5 Å². The van der Waals surface area contributed by atoms with E-state index in [9.17, 15) is 14.7 Å². The van der Waals surface area contributed by atoms with Gasteiger partial charge >= 0.3 is 6.03 Å². The van der Waals surface area contributed by atoms with Gasteiger partial charge in [-0.3, -0.25) is 4.79 Å². The van der Waals surface area contributed by atoms with Crippen LogP contribution < -0.4 is 15.4 Å². The molecule has 1 saturated carbocycles. The second-order valence-corrected chi connectivity index (χ2v) is 12.1. The monoisotopic (exact) mass is 580 g/mol. The van der Waals surface area contributed by atoms with Crippen molar-refractivity contribution in [3.63, 3.8) is 0 Å². The van der Waals surface area contributed by atoms with Crippen molar-refractivity contribution in [1.29, 1.82) is 0 Å². The molecule has 0 bridgehead atoms. The highest BCUT2D eigenvalue weighted by Crippen LogP contribution is 2.31. The molecule has 1 aliphatic carbocycles. The van der Waals surface area contributed by atoms with Gasteiger partial charge in [-0.2, -0.15) is 0 Å². The normalized spacial score (nSPS) is 23.0. The zero-order valence-electron chi connectivity index (χ0n) is 25.6. The molecule has 4 rings (SSSR count). The van der Waals surface area contributed by atoms with Crippen molar-refractivity contribution in [1.82, 2.24) is 9.80 Å². The number of hydrogen-bond acceptors (Lipinski definition) is 6. The van der Waals surface area contributed by atoms with Crippen LogP contribution >= 0.6 is 0 Å². The summed E-state index contributed by atoms with van der Waals surface area (Å²) in [5.74, 6) is 1.04. The predicted octanol–water partition coefficient (Wildman–Crippen LogP) is 5.47. The lowest BCUT2D eigenvalue weighted by atomic mass is 10.0. The van der Waals surface area contributed by atoms with Crippen molar-refractivity contribution >= 4 is 23.3 Å². The maximum atomic E-state index is 14.2. The van der Waals surface area contributed by atoms with E-state index in [1.165, 1.54) is 12.8 Å². The number of ether oxygens (including phenoxy) is 2. The number of nitrogens with zero attached hydrogens (tertiary/aromatic N) is 2. The lowest BCUT2D eigenvalue weighted by Gasteiger charge is -2.36. The van der Waals surface area contributed by atoms with Crippen LogP contribution in [-0.2, 0) is 4.74 Å². The second-order valence-electron chi connectivity index (χ2n) is 12.1. The van der Waals surface area contributed by atoms with Gasteiger partial charge in [-0.25, -0.2) is 4.79 Å². The van der Waals surface area contributed by atoms with E-state index in [1.807, 2.05) is 32.0 Å². The summed E-state index contributed by atoms with van der Waals surface area (Å²) in [5, 5.41) is 15.8. The maximum absolute atomic E-state index is 14.2. The number of aliphatic hydroxyl groups excluding tert-OH is 1. The molecule has 0 unspecified atom stereocenters. The number of para-hydroxylation sites is 1. The third-order valence-corrected chi connectivity index (χ3v) is 8.10. The number of nitrogens with one attached hydrogen (secondary N) is 2. The molecule has 42 heavy (non-hydrogen) atoms. The zero-order chi connectivity index (χ0) is 30.1. The van der Waals surface area contributed by atoms with Gasteiger partial charge in [-0.1, -0.05) is 25.1 Å². The van der Waals surface area contributed by atoms with Crippen LogP contribution in [0.25, 0.3) is 0 Å². The molecule has 230 valence electrons. The molecule has 1 aliphatic heterocycles. The molecule has 0 saturated heterocycles. The van der Waals surface area contributed by atoms with Gasteiger partial charge in [0.25, 0.3) is 5.91 Å². The molecule has 3 N–H and O–H groups in total. The molecule has 2 aromatic rings. The van der Waals surface area contributed by atoms with Gasteiger partial charge in [-0.05, 0) is 89.2 Å². The fourth-order valence-corrected chi connectivity index (χ4v) is 5.40. The second kappa shape index (κ2) is 15.4. The van der Waals surface area contributed by atoms with E-state index in [0.29, 0.717) is 35.8 Å². The van der Waals surface area contributed by atoms with Crippen LogP contribution in [0.3, 0.4) is 0 Å².